The van der Waals surface area contributed by atoms with Crippen molar-refractivity contribution in [3.8, 4) is 0 Å². The molecule has 138 valence electrons. The molecule has 0 atom stereocenters. The van der Waals surface area contributed by atoms with E-state index >= 15 is 0 Å². The number of carbonyl (C=O) groups excluding carboxylic acids is 3. The Morgan fingerprint density at radius 2 is 1.81 bits per heavy atom. The SMILES string of the molecule is COC(=O)CNC(=O)c1ccc(NC(=O)c2cn3c(C)cccc3n2)cc1. The Morgan fingerprint density at radius 3 is 2.48 bits per heavy atom. The molecule has 2 N–H and O–H groups in total. The average molecular weight is 366 g/mol. The van der Waals surface area contributed by atoms with Crippen molar-refractivity contribution in [3.05, 3.63) is 65.6 Å². The number of benzene rings is 1. The van der Waals surface area contributed by atoms with Crippen LogP contribution in [0.15, 0.2) is 48.7 Å². The molecule has 0 saturated heterocycles. The second-order valence-corrected chi connectivity index (χ2v) is 5.81. The van der Waals surface area contributed by atoms with Gasteiger partial charge in [0, 0.05) is 23.1 Å². The zero-order valence-corrected chi connectivity index (χ0v) is 14.9. The number of ether oxygens (including phenoxy) is 1. The van der Waals surface area contributed by atoms with Gasteiger partial charge in [-0.15, -0.1) is 0 Å². The molecule has 0 spiro atoms. The van der Waals surface area contributed by atoms with Crippen LogP contribution in [0.3, 0.4) is 0 Å². The number of nitrogens with one attached hydrogen (secondary N) is 2. The third-order valence-corrected chi connectivity index (χ3v) is 3.95. The maximum atomic E-state index is 12.4. The maximum Gasteiger partial charge on any atom is 0.325 e. The average Bonchev–Trinajstić information content (AvgIpc) is 3.12. The largest absolute Gasteiger partial charge is 0.468 e. The molecule has 27 heavy (non-hydrogen) atoms. The zero-order valence-electron chi connectivity index (χ0n) is 14.9. The van der Waals surface area contributed by atoms with Crippen molar-refractivity contribution in [1.82, 2.24) is 14.7 Å². The summed E-state index contributed by atoms with van der Waals surface area (Å²) in [6.07, 6.45) is 1.68. The molecule has 0 unspecified atom stereocenters. The van der Waals surface area contributed by atoms with Crippen LogP contribution in [0.4, 0.5) is 5.69 Å². The Morgan fingerprint density at radius 1 is 1.07 bits per heavy atom. The number of amides is 2. The number of hydrogen-bond acceptors (Lipinski definition) is 5. The van der Waals surface area contributed by atoms with Crippen molar-refractivity contribution in [2.75, 3.05) is 19.0 Å². The number of carbonyl (C=O) groups is 3. The van der Waals surface area contributed by atoms with E-state index in [-0.39, 0.29) is 12.5 Å². The molecule has 0 aliphatic heterocycles. The van der Waals surface area contributed by atoms with Crippen LogP contribution in [0, 0.1) is 6.92 Å². The molecular formula is C19H18N4O4. The van der Waals surface area contributed by atoms with E-state index in [1.54, 1.807) is 30.5 Å². The first-order valence-corrected chi connectivity index (χ1v) is 8.19. The van der Waals surface area contributed by atoms with Crippen LogP contribution in [0.1, 0.15) is 26.5 Å². The third kappa shape index (κ3) is 4.12. The Hall–Kier alpha value is -3.68. The van der Waals surface area contributed by atoms with Gasteiger partial charge in [-0.2, -0.15) is 0 Å². The number of aromatic nitrogens is 2. The fourth-order valence-electron chi connectivity index (χ4n) is 2.48. The predicted molar refractivity (Wildman–Crippen MR) is 98.7 cm³/mol. The highest BCUT2D eigenvalue weighted by atomic mass is 16.5. The fraction of sp³-hybridized carbons (Fsp3) is 0.158. The number of pyridine rings is 1. The predicted octanol–water partition coefficient (Wildman–Crippen LogP) is 1.80. The number of rotatable bonds is 5. The lowest BCUT2D eigenvalue weighted by Crippen LogP contribution is -2.30. The Balaban J connectivity index is 1.66. The quantitative estimate of drug-likeness (QED) is 0.671. The van der Waals surface area contributed by atoms with Crippen molar-refractivity contribution in [2.24, 2.45) is 0 Å². The van der Waals surface area contributed by atoms with Crippen molar-refractivity contribution >= 4 is 29.1 Å². The van der Waals surface area contributed by atoms with Crippen molar-refractivity contribution in [2.45, 2.75) is 6.92 Å². The first-order chi connectivity index (χ1) is 13.0. The molecule has 1 aromatic carbocycles. The van der Waals surface area contributed by atoms with Crippen molar-refractivity contribution < 1.29 is 19.1 Å². The van der Waals surface area contributed by atoms with Crippen LogP contribution in [0.2, 0.25) is 0 Å². The van der Waals surface area contributed by atoms with Gasteiger partial charge >= 0.3 is 5.97 Å². The van der Waals surface area contributed by atoms with E-state index in [9.17, 15) is 14.4 Å². The van der Waals surface area contributed by atoms with Crippen molar-refractivity contribution in [3.63, 3.8) is 0 Å². The summed E-state index contributed by atoms with van der Waals surface area (Å²) in [5.41, 5.74) is 2.85. The molecule has 2 aromatic heterocycles. The molecule has 0 aliphatic carbocycles. The van der Waals surface area contributed by atoms with Gasteiger partial charge < -0.3 is 19.8 Å². The van der Waals surface area contributed by atoms with Crippen LogP contribution >= 0.6 is 0 Å². The summed E-state index contributed by atoms with van der Waals surface area (Å²) < 4.78 is 6.30. The molecule has 2 heterocycles. The Bertz CT molecular complexity index is 1010. The summed E-state index contributed by atoms with van der Waals surface area (Å²) in [6, 6.07) is 11.9. The number of nitrogens with zero attached hydrogens (tertiary/aromatic N) is 2. The zero-order chi connectivity index (χ0) is 19.4. The standard InChI is InChI=1S/C19H18N4O4/c1-12-4-3-5-16-22-15(11-23(12)16)19(26)21-14-8-6-13(7-9-14)18(25)20-10-17(24)27-2/h3-9,11H,10H2,1-2H3,(H,20,25)(H,21,26). The van der Waals surface area contributed by atoms with Gasteiger partial charge in [0.2, 0.25) is 0 Å². The van der Waals surface area contributed by atoms with Crippen LogP contribution in [-0.4, -0.2) is 40.8 Å². The highest BCUT2D eigenvalue weighted by Crippen LogP contribution is 2.13. The van der Waals surface area contributed by atoms with Crippen LogP contribution < -0.4 is 10.6 Å². The lowest BCUT2D eigenvalue weighted by Gasteiger charge is -2.06. The molecule has 3 aromatic rings. The van der Waals surface area contributed by atoms with Gasteiger partial charge in [-0.3, -0.25) is 14.4 Å². The lowest BCUT2D eigenvalue weighted by atomic mass is 10.2. The van der Waals surface area contributed by atoms with Gasteiger partial charge in [0.25, 0.3) is 11.8 Å². The third-order valence-electron chi connectivity index (χ3n) is 3.95. The molecule has 3 rings (SSSR count). The minimum Gasteiger partial charge on any atom is -0.468 e. The molecule has 2 amide bonds. The maximum absolute atomic E-state index is 12.4. The molecule has 0 aliphatic rings. The number of imidazole rings is 1. The van der Waals surface area contributed by atoms with E-state index in [0.29, 0.717) is 22.6 Å². The molecule has 0 fully saturated rings. The number of hydrogen-bond donors (Lipinski definition) is 2. The summed E-state index contributed by atoms with van der Waals surface area (Å²) >= 11 is 0. The van der Waals surface area contributed by atoms with E-state index in [0.717, 1.165) is 5.69 Å². The van der Waals surface area contributed by atoms with E-state index < -0.39 is 11.9 Å². The first kappa shape index (κ1) is 18.1. The topological polar surface area (TPSA) is 102 Å². The normalized spacial score (nSPS) is 10.4. The van der Waals surface area contributed by atoms with Crippen LogP contribution in [0.5, 0.6) is 0 Å². The van der Waals surface area contributed by atoms with Crippen LogP contribution in [-0.2, 0) is 9.53 Å². The summed E-state index contributed by atoms with van der Waals surface area (Å²) in [7, 11) is 1.25. The second kappa shape index (κ2) is 7.69. The van der Waals surface area contributed by atoms with Crippen molar-refractivity contribution in [1.29, 1.82) is 0 Å². The second-order valence-electron chi connectivity index (χ2n) is 5.81. The molecule has 8 nitrogen and oxygen atoms in total. The summed E-state index contributed by atoms with van der Waals surface area (Å²) in [4.78, 5) is 39.7. The summed E-state index contributed by atoms with van der Waals surface area (Å²) in [5, 5.41) is 5.19. The van der Waals surface area contributed by atoms with Crippen LogP contribution in [0.25, 0.3) is 5.65 Å². The first-order valence-electron chi connectivity index (χ1n) is 8.19. The lowest BCUT2D eigenvalue weighted by molar-refractivity contribution is -0.139. The minimum absolute atomic E-state index is 0.207. The van der Waals surface area contributed by atoms with Gasteiger partial charge in [-0.05, 0) is 43.3 Å². The molecule has 8 heteroatoms. The number of anilines is 1. The molecule has 0 radical (unpaired) electrons. The Labute approximate surface area is 155 Å². The molecular weight excluding hydrogens is 348 g/mol. The number of esters is 1. The van der Waals surface area contributed by atoms with Gasteiger partial charge in [0.1, 0.15) is 17.9 Å². The van der Waals surface area contributed by atoms with Gasteiger partial charge in [0.05, 0.1) is 7.11 Å². The Kier molecular flexibility index (Phi) is 5.16. The number of methoxy groups -OCH3 is 1. The highest BCUT2D eigenvalue weighted by molar-refractivity contribution is 6.03. The summed E-state index contributed by atoms with van der Waals surface area (Å²) in [5.74, 6) is -1.29. The smallest absolute Gasteiger partial charge is 0.325 e. The van der Waals surface area contributed by atoms with E-state index in [1.165, 1.54) is 7.11 Å². The van der Waals surface area contributed by atoms with E-state index in [4.69, 9.17) is 0 Å². The van der Waals surface area contributed by atoms with Gasteiger partial charge in [-0.25, -0.2) is 4.98 Å². The minimum atomic E-state index is -0.532. The van der Waals surface area contributed by atoms with Gasteiger partial charge in [0.15, 0.2) is 0 Å². The summed E-state index contributed by atoms with van der Waals surface area (Å²) in [6.45, 7) is 1.72. The highest BCUT2D eigenvalue weighted by Gasteiger charge is 2.13. The number of fused-ring (bicyclic) bond motifs is 1. The number of aryl methyl sites for hydroxylation is 1. The monoisotopic (exact) mass is 366 g/mol. The molecule has 0 bridgehead atoms. The van der Waals surface area contributed by atoms with E-state index in [1.807, 2.05) is 29.5 Å². The molecule has 0 saturated carbocycles. The van der Waals surface area contributed by atoms with Gasteiger partial charge in [-0.1, -0.05) is 6.07 Å². The van der Waals surface area contributed by atoms with E-state index in [2.05, 4.69) is 20.4 Å². The fourth-order valence-corrected chi connectivity index (χ4v) is 2.48.